The largest absolute Gasteiger partial charge is 0.394 e. The third-order valence-electron chi connectivity index (χ3n) is 2.72. The molecule has 0 radical (unpaired) electrons. The summed E-state index contributed by atoms with van der Waals surface area (Å²) in [5, 5.41) is 11.4. The summed E-state index contributed by atoms with van der Waals surface area (Å²) in [7, 11) is 0. The number of aliphatic hydroxyl groups excluding tert-OH is 1. The van der Waals surface area contributed by atoms with Gasteiger partial charge in [-0.3, -0.25) is 0 Å². The first-order valence-electron chi connectivity index (χ1n) is 5.67. The van der Waals surface area contributed by atoms with Gasteiger partial charge in [0.2, 0.25) is 0 Å². The summed E-state index contributed by atoms with van der Waals surface area (Å²) in [6.07, 6.45) is 3.97. The van der Waals surface area contributed by atoms with Crippen LogP contribution < -0.4 is 4.90 Å². The lowest BCUT2D eigenvalue weighted by molar-refractivity contribution is 0.262. The predicted octanol–water partition coefficient (Wildman–Crippen LogP) is 3.10. The van der Waals surface area contributed by atoms with E-state index in [1.165, 1.54) is 17.7 Å². The van der Waals surface area contributed by atoms with Crippen LogP contribution in [-0.4, -0.2) is 27.7 Å². The maximum Gasteiger partial charge on any atom is 0.136 e. The average Bonchev–Trinajstić information content (AvgIpc) is 2.83. The van der Waals surface area contributed by atoms with Crippen molar-refractivity contribution in [2.45, 2.75) is 19.4 Å². The van der Waals surface area contributed by atoms with Gasteiger partial charge in [0.1, 0.15) is 16.5 Å². The number of rotatable bonds is 5. The molecule has 1 N–H and O–H groups in total. The van der Waals surface area contributed by atoms with Crippen LogP contribution >= 0.6 is 22.9 Å². The summed E-state index contributed by atoms with van der Waals surface area (Å²) in [6, 6.07) is 3.70. The first kappa shape index (κ1) is 13.3. The number of aromatic nitrogens is 2. The minimum Gasteiger partial charge on any atom is -0.394 e. The second-order valence-corrected chi connectivity index (χ2v) is 5.28. The predicted molar refractivity (Wildman–Crippen MR) is 74.7 cm³/mol. The van der Waals surface area contributed by atoms with Gasteiger partial charge in [-0.1, -0.05) is 18.5 Å². The molecule has 2 rings (SSSR count). The molecule has 0 aliphatic rings. The van der Waals surface area contributed by atoms with E-state index in [1.54, 1.807) is 6.20 Å². The molecule has 0 bridgehead atoms. The third-order valence-corrected chi connectivity index (χ3v) is 3.87. The lowest BCUT2D eigenvalue weighted by Gasteiger charge is -2.30. The van der Waals surface area contributed by atoms with Gasteiger partial charge in [0, 0.05) is 6.20 Å². The smallest absolute Gasteiger partial charge is 0.136 e. The van der Waals surface area contributed by atoms with Crippen LogP contribution in [0, 0.1) is 0 Å². The molecule has 1 atom stereocenters. The highest BCUT2D eigenvalue weighted by Gasteiger charge is 2.22. The zero-order valence-electron chi connectivity index (χ0n) is 9.95. The van der Waals surface area contributed by atoms with E-state index in [1.807, 2.05) is 29.3 Å². The van der Waals surface area contributed by atoms with Gasteiger partial charge in [0.15, 0.2) is 0 Å². The quantitative estimate of drug-likeness (QED) is 0.916. The van der Waals surface area contributed by atoms with Crippen LogP contribution in [0.15, 0.2) is 30.0 Å². The van der Waals surface area contributed by atoms with E-state index >= 15 is 0 Å². The lowest BCUT2D eigenvalue weighted by Crippen LogP contribution is -2.34. The van der Waals surface area contributed by atoms with E-state index in [4.69, 9.17) is 11.6 Å². The fourth-order valence-corrected chi connectivity index (χ4v) is 2.70. The molecule has 18 heavy (non-hydrogen) atoms. The number of halogens is 1. The molecule has 0 spiro atoms. The molecule has 4 nitrogen and oxygen atoms in total. The summed E-state index contributed by atoms with van der Waals surface area (Å²) < 4.78 is 0.695. The van der Waals surface area contributed by atoms with Gasteiger partial charge < -0.3 is 10.0 Å². The van der Waals surface area contributed by atoms with Crippen molar-refractivity contribution in [3.8, 4) is 0 Å². The summed E-state index contributed by atoms with van der Waals surface area (Å²) >= 11 is 7.66. The number of anilines is 2. The minimum absolute atomic E-state index is 0.0483. The van der Waals surface area contributed by atoms with Crippen molar-refractivity contribution in [3.63, 3.8) is 0 Å². The fourth-order valence-electron chi connectivity index (χ4n) is 1.79. The topological polar surface area (TPSA) is 49.2 Å². The first-order valence-corrected chi connectivity index (χ1v) is 6.92. The Morgan fingerprint density at radius 3 is 2.83 bits per heavy atom. The maximum absolute atomic E-state index is 9.52. The van der Waals surface area contributed by atoms with Crippen LogP contribution in [0.5, 0.6) is 0 Å². The van der Waals surface area contributed by atoms with E-state index in [9.17, 15) is 5.11 Å². The van der Waals surface area contributed by atoms with Crippen LogP contribution in [0.4, 0.5) is 11.5 Å². The van der Waals surface area contributed by atoms with Gasteiger partial charge in [-0.25, -0.2) is 9.97 Å². The van der Waals surface area contributed by atoms with Crippen LogP contribution in [-0.2, 0) is 0 Å². The Morgan fingerprint density at radius 1 is 1.50 bits per heavy atom. The zero-order chi connectivity index (χ0) is 13.0. The number of aliphatic hydroxyl groups is 1. The van der Waals surface area contributed by atoms with E-state index in [0.717, 1.165) is 17.9 Å². The highest BCUT2D eigenvalue weighted by atomic mass is 35.5. The van der Waals surface area contributed by atoms with Crippen LogP contribution in [0.3, 0.4) is 0 Å². The second kappa shape index (κ2) is 6.13. The van der Waals surface area contributed by atoms with Gasteiger partial charge in [0.05, 0.1) is 18.3 Å². The standard InChI is InChI=1S/C12H14ClN3OS/c1-2-9(7-17)16(10-4-6-18-12(10)13)11-3-5-14-8-15-11/h3-6,8-9,17H,2,7H2,1H3. The van der Waals surface area contributed by atoms with Gasteiger partial charge >= 0.3 is 0 Å². The molecule has 0 aromatic carbocycles. The van der Waals surface area contributed by atoms with E-state index in [-0.39, 0.29) is 12.6 Å². The molecule has 0 fully saturated rings. The zero-order valence-corrected chi connectivity index (χ0v) is 11.5. The van der Waals surface area contributed by atoms with Gasteiger partial charge in [0.25, 0.3) is 0 Å². The monoisotopic (exact) mass is 283 g/mol. The molecule has 0 aliphatic carbocycles. The molecule has 6 heteroatoms. The normalized spacial score (nSPS) is 12.4. The van der Waals surface area contributed by atoms with E-state index < -0.39 is 0 Å². The molecule has 0 amide bonds. The first-order chi connectivity index (χ1) is 8.77. The third kappa shape index (κ3) is 2.63. The van der Waals surface area contributed by atoms with Gasteiger partial charge in [-0.2, -0.15) is 0 Å². The minimum atomic E-state index is -0.0491. The number of nitrogens with zero attached hydrogens (tertiary/aromatic N) is 3. The van der Waals surface area contributed by atoms with Crippen molar-refractivity contribution < 1.29 is 5.11 Å². The Labute approximate surface area is 115 Å². The van der Waals surface area contributed by atoms with Crippen molar-refractivity contribution in [3.05, 3.63) is 34.4 Å². The summed E-state index contributed by atoms with van der Waals surface area (Å²) in [5.41, 5.74) is 0.876. The number of hydrogen-bond acceptors (Lipinski definition) is 5. The summed E-state index contributed by atoms with van der Waals surface area (Å²) in [4.78, 5) is 10.1. The Balaban J connectivity index is 2.44. The molecular weight excluding hydrogens is 270 g/mol. The van der Waals surface area contributed by atoms with Crippen molar-refractivity contribution >= 4 is 34.4 Å². The van der Waals surface area contributed by atoms with E-state index in [0.29, 0.717) is 4.34 Å². The molecule has 0 aliphatic heterocycles. The van der Waals surface area contributed by atoms with Crippen LogP contribution in [0.25, 0.3) is 0 Å². The van der Waals surface area contributed by atoms with Gasteiger partial charge in [-0.15, -0.1) is 11.3 Å². The van der Waals surface area contributed by atoms with Crippen molar-refractivity contribution in [1.29, 1.82) is 0 Å². The molecule has 2 aromatic heterocycles. The molecule has 2 heterocycles. The van der Waals surface area contributed by atoms with Crippen LogP contribution in [0.2, 0.25) is 4.34 Å². The highest BCUT2D eigenvalue weighted by Crippen LogP contribution is 2.36. The SMILES string of the molecule is CCC(CO)N(c1ccncn1)c1ccsc1Cl. The summed E-state index contributed by atoms with van der Waals surface area (Å²) in [5.74, 6) is 0.742. The Kier molecular flexibility index (Phi) is 4.52. The molecular formula is C12H14ClN3OS. The van der Waals surface area contributed by atoms with Gasteiger partial charge in [-0.05, 0) is 23.9 Å². The number of thiophene rings is 1. The molecule has 0 saturated carbocycles. The van der Waals surface area contributed by atoms with E-state index in [2.05, 4.69) is 9.97 Å². The average molecular weight is 284 g/mol. The maximum atomic E-state index is 9.52. The Bertz CT molecular complexity index is 487. The van der Waals surface area contributed by atoms with Crippen LogP contribution in [0.1, 0.15) is 13.3 Å². The Morgan fingerprint density at radius 2 is 2.33 bits per heavy atom. The van der Waals surface area contributed by atoms with Crippen molar-refractivity contribution in [2.24, 2.45) is 0 Å². The molecule has 2 aromatic rings. The molecule has 1 unspecified atom stereocenters. The number of hydrogen-bond donors (Lipinski definition) is 1. The Hall–Kier alpha value is -1.17. The molecule has 96 valence electrons. The molecule has 0 saturated heterocycles. The fraction of sp³-hybridized carbons (Fsp3) is 0.333. The second-order valence-electron chi connectivity index (χ2n) is 3.76. The summed E-state index contributed by atoms with van der Waals surface area (Å²) in [6.45, 7) is 2.07. The van der Waals surface area contributed by atoms with Crippen molar-refractivity contribution in [2.75, 3.05) is 11.5 Å². The lowest BCUT2D eigenvalue weighted by atomic mass is 10.2. The van der Waals surface area contributed by atoms with Crippen molar-refractivity contribution in [1.82, 2.24) is 9.97 Å². The highest BCUT2D eigenvalue weighted by molar-refractivity contribution is 7.15.